The topological polar surface area (TPSA) is 20.1 Å². The summed E-state index contributed by atoms with van der Waals surface area (Å²) in [6, 6.07) is 0. The van der Waals surface area contributed by atoms with E-state index in [4.69, 9.17) is 6.57 Å². The molecule has 0 saturated heterocycles. The van der Waals surface area contributed by atoms with E-state index in [1.165, 1.54) is 0 Å². The Morgan fingerprint density at radius 2 is 2.50 bits per heavy atom. The van der Waals surface area contributed by atoms with E-state index in [0.717, 1.165) is 16.6 Å². The van der Waals surface area contributed by atoms with Gasteiger partial charge in [0.15, 0.2) is 0 Å². The molecule has 10 heavy (non-hydrogen) atoms. The summed E-state index contributed by atoms with van der Waals surface area (Å²) in [5.41, 5.74) is 1.71. The van der Waals surface area contributed by atoms with E-state index >= 15 is 0 Å². The van der Waals surface area contributed by atoms with E-state index in [2.05, 4.69) is 25.8 Å². The van der Waals surface area contributed by atoms with Crippen molar-refractivity contribution in [3.63, 3.8) is 0 Å². The van der Waals surface area contributed by atoms with Crippen LogP contribution in [0, 0.1) is 6.57 Å². The van der Waals surface area contributed by atoms with Crippen molar-refractivity contribution in [3.05, 3.63) is 27.8 Å². The maximum Gasteiger partial charge on any atom is 0.221 e. The Bertz CT molecular complexity index is 270. The lowest BCUT2D eigenvalue weighted by atomic mass is 10.3. The van der Waals surface area contributed by atoms with Crippen molar-refractivity contribution >= 4 is 21.6 Å². The third-order valence-corrected chi connectivity index (χ3v) is 1.96. The molecule has 0 saturated carbocycles. The van der Waals surface area contributed by atoms with E-state index in [-0.39, 0.29) is 0 Å². The molecule has 1 aromatic rings. The predicted molar refractivity (Wildman–Crippen MR) is 44.1 cm³/mol. The lowest BCUT2D eigenvalue weighted by Gasteiger charge is -1.88. The summed E-state index contributed by atoms with van der Waals surface area (Å²) in [5.74, 6) is 0. The highest BCUT2D eigenvalue weighted by atomic mass is 79.9. The Labute approximate surface area is 68.2 Å². The van der Waals surface area contributed by atoms with Gasteiger partial charge in [0, 0.05) is 16.4 Å². The van der Waals surface area contributed by atoms with Crippen LogP contribution >= 0.6 is 15.9 Å². The summed E-state index contributed by atoms with van der Waals surface area (Å²) in [7, 11) is 0. The quantitative estimate of drug-likeness (QED) is 0.671. The monoisotopic (exact) mass is 198 g/mol. The normalized spacial score (nSPS) is 9.30. The molecule has 0 aliphatic heterocycles. The van der Waals surface area contributed by atoms with Crippen molar-refractivity contribution in [3.8, 4) is 0 Å². The molecule has 1 aromatic heterocycles. The minimum Gasteiger partial charge on any atom is -0.375 e. The largest absolute Gasteiger partial charge is 0.375 e. The Morgan fingerprint density at radius 3 is 2.90 bits per heavy atom. The third-order valence-electron chi connectivity index (χ3n) is 1.35. The van der Waals surface area contributed by atoms with Gasteiger partial charge in [0.05, 0.1) is 6.57 Å². The molecule has 0 aromatic carbocycles. The van der Waals surface area contributed by atoms with E-state index in [0.29, 0.717) is 5.69 Å². The zero-order chi connectivity index (χ0) is 7.56. The zero-order valence-electron chi connectivity index (χ0n) is 5.61. The van der Waals surface area contributed by atoms with Gasteiger partial charge >= 0.3 is 0 Å². The van der Waals surface area contributed by atoms with Gasteiger partial charge in [-0.3, -0.25) is 0 Å². The molecular weight excluding hydrogens is 192 g/mol. The Balaban J connectivity index is 3.17. The highest BCUT2D eigenvalue weighted by Crippen LogP contribution is 2.29. The fourth-order valence-corrected chi connectivity index (χ4v) is 1.26. The van der Waals surface area contributed by atoms with Gasteiger partial charge in [-0.15, -0.1) is 0 Å². The molecule has 52 valence electrons. The lowest BCUT2D eigenvalue weighted by molar-refractivity contribution is 1.07. The van der Waals surface area contributed by atoms with Crippen molar-refractivity contribution in [2.45, 2.75) is 13.3 Å². The smallest absolute Gasteiger partial charge is 0.221 e. The molecule has 1 heterocycles. The van der Waals surface area contributed by atoms with E-state index in [9.17, 15) is 0 Å². The van der Waals surface area contributed by atoms with E-state index in [1.807, 2.05) is 6.92 Å². The predicted octanol–water partition coefficient (Wildman–Crippen LogP) is 2.89. The SMILES string of the molecule is [C-]#[N+]c1c(Br)c[nH]c1CC. The van der Waals surface area contributed by atoms with E-state index < -0.39 is 0 Å². The number of hydrogen-bond donors (Lipinski definition) is 1. The first kappa shape index (κ1) is 7.36. The molecule has 0 aliphatic rings. The van der Waals surface area contributed by atoms with Crippen LogP contribution in [-0.2, 0) is 6.42 Å². The van der Waals surface area contributed by atoms with Gasteiger partial charge in [-0.05, 0) is 6.42 Å². The van der Waals surface area contributed by atoms with Gasteiger partial charge in [0.2, 0.25) is 5.69 Å². The van der Waals surface area contributed by atoms with Crippen molar-refractivity contribution in [2.75, 3.05) is 0 Å². The number of hydrogen-bond acceptors (Lipinski definition) is 0. The van der Waals surface area contributed by atoms with Gasteiger partial charge in [-0.25, -0.2) is 4.85 Å². The van der Waals surface area contributed by atoms with Gasteiger partial charge in [-0.2, -0.15) is 0 Å². The number of nitrogens with one attached hydrogen (secondary N) is 1. The van der Waals surface area contributed by atoms with Gasteiger partial charge < -0.3 is 4.98 Å². The average molecular weight is 199 g/mol. The van der Waals surface area contributed by atoms with Crippen molar-refractivity contribution in [2.24, 2.45) is 0 Å². The lowest BCUT2D eigenvalue weighted by Crippen LogP contribution is -1.75. The molecule has 0 fully saturated rings. The fraction of sp³-hybridized carbons (Fsp3) is 0.286. The highest BCUT2D eigenvalue weighted by molar-refractivity contribution is 9.10. The summed E-state index contributed by atoms with van der Waals surface area (Å²) in [5, 5.41) is 0. The van der Waals surface area contributed by atoms with Crippen LogP contribution in [0.15, 0.2) is 10.7 Å². The Morgan fingerprint density at radius 1 is 1.80 bits per heavy atom. The number of nitrogens with zero attached hydrogens (tertiary/aromatic N) is 1. The molecule has 0 spiro atoms. The van der Waals surface area contributed by atoms with Crippen LogP contribution in [0.5, 0.6) is 0 Å². The van der Waals surface area contributed by atoms with Crippen LogP contribution < -0.4 is 0 Å². The first-order chi connectivity index (χ1) is 4.79. The van der Waals surface area contributed by atoms with Crippen LogP contribution in [0.3, 0.4) is 0 Å². The van der Waals surface area contributed by atoms with Crippen molar-refractivity contribution in [1.82, 2.24) is 4.98 Å². The molecule has 0 radical (unpaired) electrons. The average Bonchev–Trinajstić information content (AvgIpc) is 2.30. The molecule has 0 unspecified atom stereocenters. The number of aryl methyl sites for hydroxylation is 1. The molecule has 3 heteroatoms. The molecule has 1 N–H and O–H groups in total. The summed E-state index contributed by atoms with van der Waals surface area (Å²) >= 11 is 3.27. The molecule has 0 aliphatic carbocycles. The molecule has 0 amide bonds. The summed E-state index contributed by atoms with van der Waals surface area (Å²) in [6.07, 6.45) is 2.68. The number of H-pyrrole nitrogens is 1. The third kappa shape index (κ3) is 1.07. The minimum absolute atomic E-state index is 0.711. The fourth-order valence-electron chi connectivity index (χ4n) is 0.822. The standard InChI is InChI=1S/C7H7BrN2/c1-3-6-7(9-2)5(8)4-10-6/h4,10H,3H2,1H3. The maximum absolute atomic E-state index is 6.82. The maximum atomic E-state index is 6.82. The van der Waals surface area contributed by atoms with Crippen LogP contribution in [0.1, 0.15) is 12.6 Å². The van der Waals surface area contributed by atoms with Gasteiger partial charge in [-0.1, -0.05) is 22.9 Å². The second-order valence-electron chi connectivity index (χ2n) is 1.93. The first-order valence-electron chi connectivity index (χ1n) is 3.02. The minimum atomic E-state index is 0.711. The first-order valence-corrected chi connectivity index (χ1v) is 3.82. The van der Waals surface area contributed by atoms with Gasteiger partial charge in [0.1, 0.15) is 0 Å². The van der Waals surface area contributed by atoms with Crippen LogP contribution in [-0.4, -0.2) is 4.98 Å². The summed E-state index contributed by atoms with van der Waals surface area (Å²) in [6.45, 7) is 8.84. The van der Waals surface area contributed by atoms with Crippen molar-refractivity contribution < 1.29 is 0 Å². The highest BCUT2D eigenvalue weighted by Gasteiger charge is 2.05. The number of aromatic nitrogens is 1. The van der Waals surface area contributed by atoms with Crippen LogP contribution in [0.25, 0.3) is 4.85 Å². The molecule has 0 bridgehead atoms. The molecule has 0 atom stereocenters. The zero-order valence-corrected chi connectivity index (χ0v) is 7.20. The molecular formula is C7H7BrN2. The number of rotatable bonds is 1. The summed E-state index contributed by atoms with van der Waals surface area (Å²) < 4.78 is 0.861. The van der Waals surface area contributed by atoms with Crippen LogP contribution in [0.2, 0.25) is 0 Å². The Kier molecular flexibility index (Phi) is 2.13. The van der Waals surface area contributed by atoms with E-state index in [1.54, 1.807) is 6.20 Å². The number of halogens is 1. The Hall–Kier alpha value is -0.750. The second-order valence-corrected chi connectivity index (χ2v) is 2.78. The van der Waals surface area contributed by atoms with Crippen molar-refractivity contribution in [1.29, 1.82) is 0 Å². The van der Waals surface area contributed by atoms with Gasteiger partial charge in [0.25, 0.3) is 0 Å². The number of aromatic amines is 1. The van der Waals surface area contributed by atoms with Crippen LogP contribution in [0.4, 0.5) is 5.69 Å². The summed E-state index contributed by atoms with van der Waals surface area (Å²) in [4.78, 5) is 6.39. The second kappa shape index (κ2) is 2.89. The molecule has 2 nitrogen and oxygen atoms in total. The molecule has 1 rings (SSSR count).